The van der Waals surface area contributed by atoms with Gasteiger partial charge in [-0.05, 0) is 34.7 Å². The number of methoxy groups -OCH3 is 4. The molecule has 0 radical (unpaired) electrons. The second-order valence-corrected chi connectivity index (χ2v) is 6.90. The van der Waals surface area contributed by atoms with E-state index in [-0.39, 0.29) is 22.8 Å². The molecule has 1 aromatic heterocycles. The van der Waals surface area contributed by atoms with E-state index in [1.165, 1.54) is 39.2 Å². The summed E-state index contributed by atoms with van der Waals surface area (Å²) in [6.07, 6.45) is 0. The van der Waals surface area contributed by atoms with Gasteiger partial charge in [0, 0.05) is 11.1 Å². The number of ketones is 1. The first-order chi connectivity index (χ1) is 16.0. The number of aromatic nitrogens is 4. The highest BCUT2D eigenvalue weighted by atomic mass is 16.5. The van der Waals surface area contributed by atoms with Crippen LogP contribution in [0.4, 0.5) is 5.95 Å². The van der Waals surface area contributed by atoms with Crippen molar-refractivity contribution in [3.05, 3.63) is 64.9 Å². The molecule has 11 nitrogen and oxygen atoms in total. The summed E-state index contributed by atoms with van der Waals surface area (Å²) >= 11 is 0. The Morgan fingerprint density at radius 2 is 1.67 bits per heavy atom. The number of esters is 1. The highest BCUT2D eigenvalue weighted by Crippen LogP contribution is 2.40. The van der Waals surface area contributed by atoms with Crippen LogP contribution in [0.2, 0.25) is 0 Å². The molecule has 1 aliphatic heterocycles. The lowest BCUT2D eigenvalue weighted by Gasteiger charge is -2.29. The first-order valence-electron chi connectivity index (χ1n) is 9.81. The van der Waals surface area contributed by atoms with E-state index in [4.69, 9.17) is 18.9 Å². The van der Waals surface area contributed by atoms with Crippen LogP contribution in [0, 0.1) is 0 Å². The molecule has 0 saturated carbocycles. The van der Waals surface area contributed by atoms with Gasteiger partial charge in [0.25, 0.3) is 0 Å². The molecule has 170 valence electrons. The molecule has 1 N–H and O–H groups in total. The molecule has 0 bridgehead atoms. The molecule has 1 aliphatic rings. The molecule has 0 spiro atoms. The smallest absolute Gasteiger partial charge is 0.355 e. The summed E-state index contributed by atoms with van der Waals surface area (Å²) in [7, 11) is 5.71. The number of hydrogen-bond acceptors (Lipinski definition) is 10. The van der Waals surface area contributed by atoms with Crippen LogP contribution in [-0.2, 0) is 9.53 Å². The molecule has 0 aliphatic carbocycles. The minimum Gasteiger partial charge on any atom is -0.496 e. The average molecular weight is 451 g/mol. The number of para-hydroxylation sites is 1. The third-order valence-corrected chi connectivity index (χ3v) is 5.23. The van der Waals surface area contributed by atoms with Crippen LogP contribution in [0.15, 0.2) is 53.7 Å². The van der Waals surface area contributed by atoms with E-state index in [0.29, 0.717) is 22.8 Å². The molecule has 33 heavy (non-hydrogen) atoms. The summed E-state index contributed by atoms with van der Waals surface area (Å²) in [5, 5.41) is 14.5. The Balaban J connectivity index is 1.96. The fourth-order valence-electron chi connectivity index (χ4n) is 3.70. The van der Waals surface area contributed by atoms with Crippen molar-refractivity contribution in [1.29, 1.82) is 0 Å². The number of tetrazole rings is 1. The van der Waals surface area contributed by atoms with E-state index >= 15 is 0 Å². The minimum absolute atomic E-state index is 0.0736. The van der Waals surface area contributed by atoms with Gasteiger partial charge in [0.15, 0.2) is 17.3 Å². The largest absolute Gasteiger partial charge is 0.496 e. The maximum absolute atomic E-state index is 13.9. The highest BCUT2D eigenvalue weighted by Gasteiger charge is 2.39. The number of carbonyl (C=O) groups excluding carboxylic acids is 2. The van der Waals surface area contributed by atoms with Crippen molar-refractivity contribution in [2.24, 2.45) is 0 Å². The van der Waals surface area contributed by atoms with Gasteiger partial charge >= 0.3 is 5.97 Å². The van der Waals surface area contributed by atoms with Crippen molar-refractivity contribution in [2.75, 3.05) is 33.8 Å². The third kappa shape index (κ3) is 3.73. The van der Waals surface area contributed by atoms with E-state index < -0.39 is 17.8 Å². The fourth-order valence-corrected chi connectivity index (χ4v) is 3.70. The van der Waals surface area contributed by atoms with Crippen molar-refractivity contribution in [1.82, 2.24) is 20.2 Å². The zero-order valence-electron chi connectivity index (χ0n) is 18.4. The number of allylic oxidation sites excluding steroid dienone is 1. The Morgan fingerprint density at radius 1 is 0.939 bits per heavy atom. The van der Waals surface area contributed by atoms with Crippen molar-refractivity contribution in [3.8, 4) is 17.2 Å². The molecule has 0 saturated heterocycles. The Bertz CT molecular complexity index is 1250. The number of carbonyl (C=O) groups is 2. The van der Waals surface area contributed by atoms with Gasteiger partial charge in [-0.2, -0.15) is 4.68 Å². The molecular formula is C22H21N5O6. The van der Waals surface area contributed by atoms with Gasteiger partial charge in [0.2, 0.25) is 5.95 Å². The average Bonchev–Trinajstić information content (AvgIpc) is 3.34. The SMILES string of the molecule is COC(=O)C1=C(C(=O)c2ccc(OC)c(OC)c2)[C@H](c2ccccc2OC)n2nnnc2N1. The van der Waals surface area contributed by atoms with Gasteiger partial charge in [-0.25, -0.2) is 4.79 Å². The molecule has 1 atom stereocenters. The van der Waals surface area contributed by atoms with Crippen LogP contribution in [0.1, 0.15) is 22.0 Å². The maximum atomic E-state index is 13.9. The van der Waals surface area contributed by atoms with Crippen LogP contribution in [0.3, 0.4) is 0 Å². The first-order valence-corrected chi connectivity index (χ1v) is 9.81. The van der Waals surface area contributed by atoms with E-state index in [1.807, 2.05) is 0 Å². The molecule has 3 aromatic rings. The van der Waals surface area contributed by atoms with E-state index in [9.17, 15) is 9.59 Å². The van der Waals surface area contributed by atoms with E-state index in [1.54, 1.807) is 36.4 Å². The molecule has 4 rings (SSSR count). The number of nitrogens with zero attached hydrogens (tertiary/aromatic N) is 4. The summed E-state index contributed by atoms with van der Waals surface area (Å²) in [5.74, 6) is 0.294. The van der Waals surface area contributed by atoms with E-state index in [0.717, 1.165) is 0 Å². The summed E-state index contributed by atoms with van der Waals surface area (Å²) in [5.41, 5.74) is 0.858. The summed E-state index contributed by atoms with van der Waals surface area (Å²) in [6.45, 7) is 0. The zero-order valence-corrected chi connectivity index (χ0v) is 18.4. The van der Waals surface area contributed by atoms with Crippen molar-refractivity contribution >= 4 is 17.7 Å². The van der Waals surface area contributed by atoms with Crippen LogP contribution in [0.5, 0.6) is 17.2 Å². The molecule has 2 heterocycles. The number of benzene rings is 2. The molecule has 0 fully saturated rings. The predicted octanol–water partition coefficient (Wildman–Crippen LogP) is 2.02. The second-order valence-electron chi connectivity index (χ2n) is 6.90. The topological polar surface area (TPSA) is 127 Å². The lowest BCUT2D eigenvalue weighted by atomic mass is 9.89. The molecule has 0 unspecified atom stereocenters. The Hall–Kier alpha value is -4.41. The summed E-state index contributed by atoms with van der Waals surface area (Å²) in [6, 6.07) is 11.0. The third-order valence-electron chi connectivity index (χ3n) is 5.23. The predicted molar refractivity (Wildman–Crippen MR) is 115 cm³/mol. The first kappa shape index (κ1) is 21.8. The van der Waals surface area contributed by atoms with Crippen LogP contribution in [-0.4, -0.2) is 60.4 Å². The number of ether oxygens (including phenoxy) is 4. The molecule has 0 amide bonds. The zero-order chi connectivity index (χ0) is 23.5. The van der Waals surface area contributed by atoms with Crippen LogP contribution < -0.4 is 19.5 Å². The normalized spacial score (nSPS) is 14.7. The summed E-state index contributed by atoms with van der Waals surface area (Å²) < 4.78 is 22.5. The minimum atomic E-state index is -0.873. The second kappa shape index (κ2) is 8.99. The standard InChI is InChI=1S/C22H21N5O6/c1-30-14-8-6-5-7-13(14)19-17(18(21(29)33-4)23-22-24-25-26-27(19)22)20(28)12-9-10-15(31-2)16(11-12)32-3/h5-11,19H,1-4H3,(H,23,24,26)/t19-/m0/s1. The van der Waals surface area contributed by atoms with Gasteiger partial charge in [-0.1, -0.05) is 23.3 Å². The van der Waals surface area contributed by atoms with E-state index in [2.05, 4.69) is 20.8 Å². The lowest BCUT2D eigenvalue weighted by molar-refractivity contribution is -0.136. The van der Waals surface area contributed by atoms with Gasteiger partial charge in [-0.15, -0.1) is 0 Å². The van der Waals surface area contributed by atoms with Gasteiger partial charge in [0.05, 0.1) is 34.0 Å². The van der Waals surface area contributed by atoms with Crippen LogP contribution in [0.25, 0.3) is 0 Å². The summed E-state index contributed by atoms with van der Waals surface area (Å²) in [4.78, 5) is 26.6. The van der Waals surface area contributed by atoms with Gasteiger partial charge in [0.1, 0.15) is 17.5 Å². The number of hydrogen-bond donors (Lipinski definition) is 1. The number of rotatable bonds is 7. The number of Topliss-reactive ketones (excluding diaryl/α,β-unsaturated/α-hetero) is 1. The lowest BCUT2D eigenvalue weighted by Crippen LogP contribution is -2.33. The quantitative estimate of drug-likeness (QED) is 0.421. The monoisotopic (exact) mass is 451 g/mol. The van der Waals surface area contributed by atoms with Crippen molar-refractivity contribution < 1.29 is 28.5 Å². The number of anilines is 1. The highest BCUT2D eigenvalue weighted by molar-refractivity contribution is 6.15. The van der Waals surface area contributed by atoms with Gasteiger partial charge in [-0.3, -0.25) is 4.79 Å². The Labute approximate surface area is 188 Å². The van der Waals surface area contributed by atoms with Gasteiger partial charge < -0.3 is 24.3 Å². The molecule has 2 aromatic carbocycles. The van der Waals surface area contributed by atoms with Crippen molar-refractivity contribution in [2.45, 2.75) is 6.04 Å². The maximum Gasteiger partial charge on any atom is 0.355 e. The number of fused-ring (bicyclic) bond motifs is 1. The fraction of sp³-hybridized carbons (Fsp3) is 0.227. The Morgan fingerprint density at radius 3 is 2.36 bits per heavy atom. The molecular weight excluding hydrogens is 430 g/mol. The van der Waals surface area contributed by atoms with Crippen molar-refractivity contribution in [3.63, 3.8) is 0 Å². The van der Waals surface area contributed by atoms with Crippen LogP contribution >= 0.6 is 0 Å². The Kier molecular flexibility index (Phi) is 5.94. The molecule has 11 heteroatoms. The number of nitrogens with one attached hydrogen (secondary N) is 1.